The van der Waals surface area contributed by atoms with E-state index in [0.29, 0.717) is 22.7 Å². The predicted molar refractivity (Wildman–Crippen MR) is 144 cm³/mol. The Kier molecular flexibility index (Phi) is 10.4. The van der Waals surface area contributed by atoms with E-state index in [1.165, 1.54) is 38.6 Å². The molecule has 3 rings (SSSR count). The Balaban J connectivity index is 0.00000210. The summed E-state index contributed by atoms with van der Waals surface area (Å²) < 4.78 is 18.4. The number of halogens is 2. The number of benzene rings is 3. The SMILES string of the molecule is CC/C(=C(/c1ccc(/C=C/C(=O)OC)cc1)c1ccc(N)c(C=N)c1)c1ccc(F)cc1Cl.CN. The van der Waals surface area contributed by atoms with Crippen LogP contribution in [0.3, 0.4) is 0 Å². The summed E-state index contributed by atoms with van der Waals surface area (Å²) in [5.74, 6) is -0.832. The van der Waals surface area contributed by atoms with E-state index in [4.69, 9.17) is 22.7 Å². The third-order valence-corrected chi connectivity index (χ3v) is 5.57. The van der Waals surface area contributed by atoms with Crippen molar-refractivity contribution in [1.82, 2.24) is 0 Å². The molecule has 0 heterocycles. The van der Waals surface area contributed by atoms with Crippen molar-refractivity contribution in [3.63, 3.8) is 0 Å². The highest BCUT2D eigenvalue weighted by atomic mass is 35.5. The Bertz CT molecular complexity index is 1250. The number of hydrogen-bond donors (Lipinski definition) is 3. The lowest BCUT2D eigenvalue weighted by molar-refractivity contribution is -0.134. The molecule has 0 amide bonds. The molecule has 0 aromatic heterocycles. The standard InChI is InChI=1S/C27H24ClFN2O2.CH5N/c1-3-22(23-11-10-21(29)15-24(23)28)27(19-9-12-25(31)20(14-19)16-30)18-7-4-17(5-8-18)6-13-26(32)33-2;1-2/h4-16,30H,3,31H2,1-2H3;2H2,1H3/b13-6+,27-22+,30-16?;. The van der Waals surface area contributed by atoms with Gasteiger partial charge in [0.05, 0.1) is 12.1 Å². The van der Waals surface area contributed by atoms with E-state index < -0.39 is 11.8 Å². The number of nitrogen functional groups attached to an aromatic ring is 1. The second kappa shape index (κ2) is 13.2. The van der Waals surface area contributed by atoms with E-state index in [9.17, 15) is 9.18 Å². The van der Waals surface area contributed by atoms with Crippen molar-refractivity contribution in [3.8, 4) is 0 Å². The number of methoxy groups -OCH3 is 1. The number of nitrogens with one attached hydrogen (secondary N) is 1. The summed E-state index contributed by atoms with van der Waals surface area (Å²) in [6, 6.07) is 17.6. The molecule has 3 aromatic rings. The minimum absolute atomic E-state index is 0.324. The molecular formula is C28H29ClFN3O2. The summed E-state index contributed by atoms with van der Waals surface area (Å²) in [5.41, 5.74) is 16.8. The first-order chi connectivity index (χ1) is 16.9. The van der Waals surface area contributed by atoms with Crippen LogP contribution in [0.15, 0.2) is 66.7 Å². The van der Waals surface area contributed by atoms with Crippen LogP contribution in [-0.4, -0.2) is 26.3 Å². The number of rotatable bonds is 7. The Labute approximate surface area is 210 Å². The lowest BCUT2D eigenvalue weighted by atomic mass is 9.87. The fourth-order valence-electron chi connectivity index (χ4n) is 3.60. The fraction of sp³-hybridized carbons (Fsp3) is 0.143. The lowest BCUT2D eigenvalue weighted by Gasteiger charge is -2.18. The summed E-state index contributed by atoms with van der Waals surface area (Å²) in [6.07, 6.45) is 4.88. The van der Waals surface area contributed by atoms with Gasteiger partial charge < -0.3 is 21.6 Å². The molecule has 0 saturated carbocycles. The number of carbonyl (C=O) groups is 1. The van der Waals surface area contributed by atoms with E-state index in [0.717, 1.165) is 33.4 Å². The molecule has 0 aliphatic rings. The first-order valence-corrected chi connectivity index (χ1v) is 11.3. The van der Waals surface area contributed by atoms with Crippen LogP contribution in [-0.2, 0) is 9.53 Å². The highest BCUT2D eigenvalue weighted by molar-refractivity contribution is 6.32. The smallest absolute Gasteiger partial charge is 0.330 e. The van der Waals surface area contributed by atoms with Crippen molar-refractivity contribution < 1.29 is 13.9 Å². The second-order valence-electron chi connectivity index (χ2n) is 7.30. The van der Waals surface area contributed by atoms with Gasteiger partial charge >= 0.3 is 5.97 Å². The van der Waals surface area contributed by atoms with Crippen molar-refractivity contribution in [1.29, 1.82) is 5.41 Å². The van der Waals surface area contributed by atoms with Gasteiger partial charge in [0.2, 0.25) is 0 Å². The zero-order valence-corrected chi connectivity index (χ0v) is 20.7. The first-order valence-electron chi connectivity index (χ1n) is 10.9. The molecule has 0 aliphatic heterocycles. The van der Waals surface area contributed by atoms with E-state index in [2.05, 4.69) is 10.5 Å². The summed E-state index contributed by atoms with van der Waals surface area (Å²) in [5, 5.41) is 8.02. The average molecular weight is 494 g/mol. The maximum absolute atomic E-state index is 13.7. The Morgan fingerprint density at radius 2 is 1.71 bits per heavy atom. The van der Waals surface area contributed by atoms with Crippen molar-refractivity contribution in [2.24, 2.45) is 5.73 Å². The van der Waals surface area contributed by atoms with Gasteiger partial charge in [-0.05, 0) is 77.2 Å². The Morgan fingerprint density at radius 1 is 1.06 bits per heavy atom. The third-order valence-electron chi connectivity index (χ3n) is 5.25. The van der Waals surface area contributed by atoms with E-state index in [1.54, 1.807) is 18.2 Å². The van der Waals surface area contributed by atoms with Gasteiger partial charge in [-0.15, -0.1) is 0 Å². The molecule has 0 spiro atoms. The molecule has 0 atom stereocenters. The maximum atomic E-state index is 13.7. The van der Waals surface area contributed by atoms with E-state index in [-0.39, 0.29) is 0 Å². The van der Waals surface area contributed by atoms with Crippen molar-refractivity contribution in [2.45, 2.75) is 13.3 Å². The molecule has 0 unspecified atom stereocenters. The molecule has 5 nitrogen and oxygen atoms in total. The molecule has 7 heteroatoms. The average Bonchev–Trinajstić information content (AvgIpc) is 2.88. The highest BCUT2D eigenvalue weighted by Gasteiger charge is 2.16. The van der Waals surface area contributed by atoms with E-state index >= 15 is 0 Å². The van der Waals surface area contributed by atoms with E-state index in [1.807, 2.05) is 43.3 Å². The lowest BCUT2D eigenvalue weighted by Crippen LogP contribution is -1.99. The van der Waals surface area contributed by atoms with Gasteiger partial charge in [0.25, 0.3) is 0 Å². The number of ether oxygens (including phenoxy) is 1. The monoisotopic (exact) mass is 493 g/mol. The third kappa shape index (κ3) is 6.88. The van der Waals surface area contributed by atoms with Crippen LogP contribution in [0.5, 0.6) is 0 Å². The highest BCUT2D eigenvalue weighted by Crippen LogP contribution is 2.38. The molecule has 3 aromatic carbocycles. The predicted octanol–water partition coefficient (Wildman–Crippen LogP) is 6.19. The number of anilines is 1. The Morgan fingerprint density at radius 3 is 2.29 bits per heavy atom. The number of esters is 1. The van der Waals surface area contributed by atoms with Crippen LogP contribution < -0.4 is 11.5 Å². The molecule has 0 fully saturated rings. The van der Waals surface area contributed by atoms with Gasteiger partial charge in [-0.2, -0.15) is 0 Å². The summed E-state index contributed by atoms with van der Waals surface area (Å²) in [4.78, 5) is 11.4. The molecule has 182 valence electrons. The van der Waals surface area contributed by atoms with Crippen molar-refractivity contribution in [2.75, 3.05) is 19.9 Å². The van der Waals surface area contributed by atoms with Gasteiger partial charge in [-0.25, -0.2) is 9.18 Å². The molecule has 0 radical (unpaired) electrons. The second-order valence-corrected chi connectivity index (χ2v) is 7.71. The summed E-state index contributed by atoms with van der Waals surface area (Å²) in [6.45, 7) is 2.01. The minimum Gasteiger partial charge on any atom is -0.466 e. The summed E-state index contributed by atoms with van der Waals surface area (Å²) in [7, 11) is 2.83. The topological polar surface area (TPSA) is 102 Å². The molecule has 0 bridgehead atoms. The number of hydrogen-bond acceptors (Lipinski definition) is 5. The van der Waals surface area contributed by atoms with Crippen LogP contribution in [0, 0.1) is 11.2 Å². The van der Waals surface area contributed by atoms with Gasteiger partial charge in [-0.3, -0.25) is 0 Å². The largest absolute Gasteiger partial charge is 0.466 e. The van der Waals surface area contributed by atoms with Crippen LogP contribution in [0.1, 0.15) is 41.2 Å². The van der Waals surface area contributed by atoms with Gasteiger partial charge in [-0.1, -0.05) is 54.9 Å². The zero-order valence-electron chi connectivity index (χ0n) is 19.9. The van der Waals surface area contributed by atoms with Crippen molar-refractivity contribution in [3.05, 3.63) is 105 Å². The number of carbonyl (C=O) groups excluding carboxylic acids is 1. The first kappa shape index (κ1) is 27.5. The number of nitrogens with two attached hydrogens (primary N) is 2. The minimum atomic E-state index is -0.431. The molecule has 5 N–H and O–H groups in total. The molecular weight excluding hydrogens is 465 g/mol. The fourth-order valence-corrected chi connectivity index (χ4v) is 3.88. The van der Waals surface area contributed by atoms with Gasteiger partial charge in [0.1, 0.15) is 5.82 Å². The maximum Gasteiger partial charge on any atom is 0.330 e. The zero-order chi connectivity index (χ0) is 26.0. The van der Waals surface area contributed by atoms with Crippen LogP contribution in [0.25, 0.3) is 17.2 Å². The van der Waals surface area contributed by atoms with Gasteiger partial charge in [0, 0.05) is 23.5 Å². The normalized spacial score (nSPS) is 11.4. The molecule has 35 heavy (non-hydrogen) atoms. The quantitative estimate of drug-likeness (QED) is 0.120. The molecule has 0 aliphatic carbocycles. The number of allylic oxidation sites excluding steroid dienone is 1. The summed E-state index contributed by atoms with van der Waals surface area (Å²) >= 11 is 6.43. The van der Waals surface area contributed by atoms with Crippen molar-refractivity contribution >= 4 is 46.7 Å². The van der Waals surface area contributed by atoms with Gasteiger partial charge in [0.15, 0.2) is 0 Å². The van der Waals surface area contributed by atoms with Crippen LogP contribution in [0.2, 0.25) is 5.02 Å². The van der Waals surface area contributed by atoms with Crippen LogP contribution in [0.4, 0.5) is 10.1 Å². The Hall–Kier alpha value is -3.74. The molecule has 0 saturated heterocycles. The van der Waals surface area contributed by atoms with Crippen LogP contribution >= 0.6 is 11.6 Å².